The van der Waals surface area contributed by atoms with Gasteiger partial charge in [-0.3, -0.25) is 0 Å². The zero-order chi connectivity index (χ0) is 21.8. The predicted octanol–water partition coefficient (Wildman–Crippen LogP) is 7.91. The van der Waals surface area contributed by atoms with Crippen molar-refractivity contribution in [3.05, 3.63) is 71.8 Å². The number of rotatable bonds is 6. The minimum absolute atomic E-state index is 0.161. The third kappa shape index (κ3) is 6.14. The van der Waals surface area contributed by atoms with E-state index in [1.54, 1.807) is 0 Å². The Kier molecular flexibility index (Phi) is 8.15. The van der Waals surface area contributed by atoms with E-state index in [-0.39, 0.29) is 35.7 Å². The van der Waals surface area contributed by atoms with Gasteiger partial charge in [0, 0.05) is 12.8 Å². The Balaban J connectivity index is 1.67. The van der Waals surface area contributed by atoms with Crippen LogP contribution in [0, 0.1) is 0 Å². The fourth-order valence-corrected chi connectivity index (χ4v) is 8.62. The summed E-state index contributed by atoms with van der Waals surface area (Å²) in [6, 6.07) is 21.4. The highest BCUT2D eigenvalue weighted by Gasteiger charge is 2.40. The smallest absolute Gasteiger partial charge is 0.179 e. The maximum atomic E-state index is 6.41. The topological polar surface area (TPSA) is 36.9 Å². The molecule has 2 aromatic carbocycles. The van der Waals surface area contributed by atoms with E-state index in [9.17, 15) is 0 Å². The Morgan fingerprint density at radius 2 is 0.935 bits per heavy atom. The number of benzene rings is 2. The Bertz CT molecular complexity index is 718. The molecule has 4 nitrogen and oxygen atoms in total. The van der Waals surface area contributed by atoms with Gasteiger partial charge >= 0.3 is 0 Å². The van der Waals surface area contributed by atoms with Gasteiger partial charge in [-0.25, -0.2) is 0 Å². The van der Waals surface area contributed by atoms with Crippen LogP contribution in [-0.2, 0) is 18.1 Å². The van der Waals surface area contributed by atoms with Crippen molar-refractivity contribution in [2.24, 2.45) is 0 Å². The van der Waals surface area contributed by atoms with E-state index in [4.69, 9.17) is 18.1 Å². The van der Waals surface area contributed by atoms with Crippen LogP contribution in [0.15, 0.2) is 60.7 Å². The van der Waals surface area contributed by atoms with Crippen molar-refractivity contribution in [2.45, 2.75) is 82.7 Å². The zero-order valence-corrected chi connectivity index (χ0v) is 20.7. The SMILES string of the molecule is C[C@@H]1C[C@@H](C)OP([C@@H](C[C@@H](c2ccccc2)P2O[C@H](C)C[C@@H](C)O2)c2ccccc2)O1. The van der Waals surface area contributed by atoms with Gasteiger partial charge < -0.3 is 18.1 Å². The van der Waals surface area contributed by atoms with Crippen LogP contribution in [-0.4, -0.2) is 24.4 Å². The van der Waals surface area contributed by atoms with Crippen LogP contribution in [0.25, 0.3) is 0 Å². The van der Waals surface area contributed by atoms with E-state index in [2.05, 4.69) is 88.4 Å². The average Bonchev–Trinajstić information content (AvgIpc) is 2.74. The summed E-state index contributed by atoms with van der Waals surface area (Å²) in [5.74, 6) is 0. The van der Waals surface area contributed by atoms with Crippen molar-refractivity contribution < 1.29 is 18.1 Å². The molecule has 0 N–H and O–H groups in total. The van der Waals surface area contributed by atoms with Gasteiger partial charge in [0.1, 0.15) is 0 Å². The van der Waals surface area contributed by atoms with Crippen molar-refractivity contribution in [1.29, 1.82) is 0 Å². The first-order valence-electron chi connectivity index (χ1n) is 11.3. The van der Waals surface area contributed by atoms with Crippen molar-refractivity contribution in [3.8, 4) is 0 Å². The first-order chi connectivity index (χ1) is 15.0. The minimum Gasteiger partial charge on any atom is -0.330 e. The Hall–Kier alpha value is -0.860. The minimum atomic E-state index is -1.06. The summed E-state index contributed by atoms with van der Waals surface area (Å²) in [5.41, 5.74) is 2.86. The third-order valence-electron chi connectivity index (χ3n) is 5.79. The van der Waals surface area contributed by atoms with Crippen LogP contribution in [0.3, 0.4) is 0 Å². The summed E-state index contributed by atoms with van der Waals surface area (Å²) in [5, 5.41) is 0. The lowest BCUT2D eigenvalue weighted by Crippen LogP contribution is -2.26. The normalized spacial score (nSPS) is 33.5. The zero-order valence-electron chi connectivity index (χ0n) is 18.9. The van der Waals surface area contributed by atoms with Gasteiger partial charge in [-0.15, -0.1) is 0 Å². The van der Waals surface area contributed by atoms with Gasteiger partial charge in [0.05, 0.1) is 35.7 Å². The van der Waals surface area contributed by atoms with Gasteiger partial charge in [-0.2, -0.15) is 0 Å². The molecule has 0 spiro atoms. The summed E-state index contributed by atoms with van der Waals surface area (Å²) in [4.78, 5) is 0. The van der Waals surface area contributed by atoms with Gasteiger partial charge in [0.25, 0.3) is 0 Å². The maximum Gasteiger partial charge on any atom is 0.179 e. The second kappa shape index (κ2) is 10.8. The van der Waals surface area contributed by atoms with Crippen molar-refractivity contribution in [2.75, 3.05) is 0 Å². The molecule has 2 fully saturated rings. The van der Waals surface area contributed by atoms with E-state index >= 15 is 0 Å². The number of hydrogen-bond acceptors (Lipinski definition) is 4. The monoisotopic (exact) mass is 460 g/mol. The maximum absolute atomic E-state index is 6.41. The van der Waals surface area contributed by atoms with Crippen LogP contribution < -0.4 is 0 Å². The standard InChI is InChI=1S/C25H34O4P2/c1-18-15-19(2)27-30(26-18)24(22-11-7-5-8-12-22)17-25(23-13-9-6-10-14-23)31-28-20(3)16-21(4)29-31/h5-14,18-21,24-25H,15-17H2,1-4H3/t18-,19-,20-,21-,24+,25+/m1/s1. The summed E-state index contributed by atoms with van der Waals surface area (Å²) in [6.45, 7) is 8.63. The molecule has 0 aromatic heterocycles. The van der Waals surface area contributed by atoms with E-state index in [1.807, 2.05) is 0 Å². The van der Waals surface area contributed by atoms with E-state index in [1.165, 1.54) is 11.1 Å². The lowest BCUT2D eigenvalue weighted by Gasteiger charge is -2.40. The molecule has 2 aliphatic heterocycles. The van der Waals surface area contributed by atoms with Gasteiger partial charge in [0.15, 0.2) is 16.8 Å². The Morgan fingerprint density at radius 1 is 0.613 bits per heavy atom. The Labute approximate surface area is 189 Å². The van der Waals surface area contributed by atoms with Gasteiger partial charge in [0.2, 0.25) is 0 Å². The third-order valence-corrected chi connectivity index (χ3v) is 10.1. The van der Waals surface area contributed by atoms with Crippen molar-refractivity contribution in [1.82, 2.24) is 0 Å². The molecular formula is C25H34O4P2. The molecule has 2 heterocycles. The predicted molar refractivity (Wildman–Crippen MR) is 128 cm³/mol. The van der Waals surface area contributed by atoms with Crippen LogP contribution in [0.5, 0.6) is 0 Å². The molecule has 2 aliphatic rings. The molecule has 0 amide bonds. The molecule has 31 heavy (non-hydrogen) atoms. The first-order valence-corrected chi connectivity index (χ1v) is 13.8. The molecule has 168 valence electrons. The lowest BCUT2D eigenvalue weighted by atomic mass is 10.0. The lowest BCUT2D eigenvalue weighted by molar-refractivity contribution is 0.0653. The molecule has 2 aromatic rings. The first kappa shape index (κ1) is 23.3. The van der Waals surface area contributed by atoms with Crippen LogP contribution in [0.2, 0.25) is 0 Å². The second-order valence-electron chi connectivity index (χ2n) is 8.79. The molecule has 6 atom stereocenters. The van der Waals surface area contributed by atoms with Gasteiger partial charge in [-0.1, -0.05) is 60.7 Å². The molecule has 4 rings (SSSR count). The van der Waals surface area contributed by atoms with E-state index in [0.717, 1.165) is 19.3 Å². The quantitative estimate of drug-likeness (QED) is 0.411. The highest BCUT2D eigenvalue weighted by Crippen LogP contribution is 2.66. The molecule has 0 saturated carbocycles. The summed E-state index contributed by atoms with van der Waals surface area (Å²) >= 11 is 0. The molecular weight excluding hydrogens is 426 g/mol. The molecule has 0 radical (unpaired) electrons. The summed E-state index contributed by atoms with van der Waals surface area (Å²) < 4.78 is 25.6. The van der Waals surface area contributed by atoms with Crippen LogP contribution in [0.4, 0.5) is 0 Å². The number of hydrogen-bond donors (Lipinski definition) is 0. The molecule has 0 aliphatic carbocycles. The largest absolute Gasteiger partial charge is 0.330 e. The van der Waals surface area contributed by atoms with E-state index < -0.39 is 16.8 Å². The second-order valence-corrected chi connectivity index (χ2v) is 12.0. The molecule has 2 saturated heterocycles. The highest BCUT2D eigenvalue weighted by molar-refractivity contribution is 7.49. The van der Waals surface area contributed by atoms with Crippen LogP contribution >= 0.6 is 16.8 Å². The summed E-state index contributed by atoms with van der Waals surface area (Å²) in [7, 11) is -2.11. The highest BCUT2D eigenvalue weighted by atomic mass is 31.2. The fourth-order valence-electron chi connectivity index (χ4n) is 4.41. The summed E-state index contributed by atoms with van der Waals surface area (Å²) in [6.07, 6.45) is 3.61. The molecule has 0 unspecified atom stereocenters. The Morgan fingerprint density at radius 3 is 1.26 bits per heavy atom. The van der Waals surface area contributed by atoms with Gasteiger partial charge in [-0.05, 0) is 45.2 Å². The van der Waals surface area contributed by atoms with Crippen LogP contribution in [0.1, 0.15) is 69.4 Å². The molecule has 6 heteroatoms. The van der Waals surface area contributed by atoms with Crippen molar-refractivity contribution in [3.63, 3.8) is 0 Å². The van der Waals surface area contributed by atoms with Crippen molar-refractivity contribution >= 4 is 16.8 Å². The fraction of sp³-hybridized carbons (Fsp3) is 0.520. The molecule has 0 bridgehead atoms. The average molecular weight is 460 g/mol. The van der Waals surface area contributed by atoms with E-state index in [0.29, 0.717) is 0 Å².